The normalized spacial score (nSPS) is 12.9. The van der Waals surface area contributed by atoms with Gasteiger partial charge in [-0.2, -0.15) is 5.26 Å². The van der Waals surface area contributed by atoms with Gasteiger partial charge in [0.25, 0.3) is 0 Å². The van der Waals surface area contributed by atoms with Gasteiger partial charge in [0, 0.05) is 5.41 Å². The van der Waals surface area contributed by atoms with E-state index in [4.69, 9.17) is 5.26 Å². The molecule has 0 aliphatic carbocycles. The predicted molar refractivity (Wildman–Crippen MR) is 63.8 cm³/mol. The van der Waals surface area contributed by atoms with E-state index in [9.17, 15) is 9.18 Å². The van der Waals surface area contributed by atoms with Crippen LogP contribution in [0, 0.1) is 22.6 Å². The molecule has 0 aromatic heterocycles. The number of nitrogens with zero attached hydrogens (tertiary/aromatic N) is 1. The van der Waals surface area contributed by atoms with Crippen LogP contribution < -0.4 is 0 Å². The highest BCUT2D eigenvalue weighted by Crippen LogP contribution is 2.30. The summed E-state index contributed by atoms with van der Waals surface area (Å²) in [6.45, 7) is 5.51. The molecule has 0 saturated carbocycles. The number of hydrogen-bond donors (Lipinski definition) is 0. The van der Waals surface area contributed by atoms with Gasteiger partial charge in [0.15, 0.2) is 5.78 Å². The summed E-state index contributed by atoms with van der Waals surface area (Å²) in [7, 11) is 0. The van der Waals surface area contributed by atoms with E-state index in [1.165, 1.54) is 18.2 Å². The van der Waals surface area contributed by atoms with E-state index in [2.05, 4.69) is 0 Å². The molecule has 3 heteroatoms. The Balaban J connectivity index is 3.10. The van der Waals surface area contributed by atoms with Gasteiger partial charge in [-0.05, 0) is 24.1 Å². The van der Waals surface area contributed by atoms with Crippen LogP contribution in [0.3, 0.4) is 0 Å². The Labute approximate surface area is 101 Å². The first-order chi connectivity index (χ1) is 7.92. The first kappa shape index (κ1) is 13.4. The highest BCUT2D eigenvalue weighted by Gasteiger charge is 2.33. The highest BCUT2D eigenvalue weighted by molar-refractivity contribution is 5.92. The lowest BCUT2D eigenvalue weighted by Crippen LogP contribution is -2.28. The number of carbonyl (C=O) groups excluding carboxylic acids is 1. The van der Waals surface area contributed by atoms with E-state index < -0.39 is 17.2 Å². The molecule has 1 aromatic carbocycles. The minimum Gasteiger partial charge on any atom is -0.297 e. The van der Waals surface area contributed by atoms with Gasteiger partial charge in [-0.3, -0.25) is 4.79 Å². The Morgan fingerprint density at radius 1 is 1.53 bits per heavy atom. The molecule has 0 aliphatic rings. The molecule has 0 radical (unpaired) electrons. The van der Waals surface area contributed by atoms with Crippen molar-refractivity contribution in [3.63, 3.8) is 0 Å². The molecule has 2 nitrogen and oxygen atoms in total. The maximum atomic E-state index is 13.1. The molecule has 1 rings (SSSR count). The number of halogens is 1. The van der Waals surface area contributed by atoms with Crippen molar-refractivity contribution >= 4 is 5.78 Å². The zero-order chi connectivity index (χ0) is 13.1. The lowest BCUT2D eigenvalue weighted by Gasteiger charge is -2.23. The summed E-state index contributed by atoms with van der Waals surface area (Å²) in [6, 6.07) is 7.64. The minimum atomic E-state index is -0.888. The van der Waals surface area contributed by atoms with Gasteiger partial charge in [-0.1, -0.05) is 32.9 Å². The van der Waals surface area contributed by atoms with E-state index in [0.29, 0.717) is 12.0 Å². The molecular formula is C14H16FNO. The van der Waals surface area contributed by atoms with E-state index in [-0.39, 0.29) is 5.78 Å². The molecule has 90 valence electrons. The first-order valence-electron chi connectivity index (χ1n) is 5.61. The molecule has 0 bridgehead atoms. The Morgan fingerprint density at radius 3 is 2.65 bits per heavy atom. The third-order valence-corrected chi connectivity index (χ3v) is 3.12. The van der Waals surface area contributed by atoms with Crippen molar-refractivity contribution in [2.75, 3.05) is 0 Å². The molecular weight excluding hydrogens is 217 g/mol. The monoisotopic (exact) mass is 233 g/mol. The van der Waals surface area contributed by atoms with Crippen molar-refractivity contribution in [3.8, 4) is 6.07 Å². The van der Waals surface area contributed by atoms with Crippen molar-refractivity contribution in [3.05, 3.63) is 35.6 Å². The van der Waals surface area contributed by atoms with Crippen LogP contribution in [-0.4, -0.2) is 5.78 Å². The zero-order valence-corrected chi connectivity index (χ0v) is 10.3. The van der Waals surface area contributed by atoms with Gasteiger partial charge in [0.05, 0.1) is 6.07 Å². The maximum Gasteiger partial charge on any atom is 0.160 e. The summed E-state index contributed by atoms with van der Waals surface area (Å²) in [5.74, 6) is -1.47. The van der Waals surface area contributed by atoms with Crippen LogP contribution in [0.4, 0.5) is 4.39 Å². The van der Waals surface area contributed by atoms with Gasteiger partial charge in [0.1, 0.15) is 11.7 Å². The third-order valence-electron chi connectivity index (χ3n) is 3.12. The average molecular weight is 233 g/mol. The zero-order valence-electron chi connectivity index (χ0n) is 10.3. The fraction of sp³-hybridized carbons (Fsp3) is 0.429. The summed E-state index contributed by atoms with van der Waals surface area (Å²) in [5, 5.41) is 9.11. The predicted octanol–water partition coefficient (Wildman–Crippen LogP) is 3.44. The van der Waals surface area contributed by atoms with Crippen molar-refractivity contribution in [1.82, 2.24) is 0 Å². The van der Waals surface area contributed by atoms with Crippen LogP contribution in [0.25, 0.3) is 0 Å². The number of benzene rings is 1. The van der Waals surface area contributed by atoms with E-state index in [1.807, 2.05) is 13.0 Å². The smallest absolute Gasteiger partial charge is 0.160 e. The molecule has 0 saturated heterocycles. The van der Waals surface area contributed by atoms with Crippen LogP contribution in [-0.2, 0) is 4.79 Å². The van der Waals surface area contributed by atoms with Gasteiger partial charge in [-0.15, -0.1) is 0 Å². The van der Waals surface area contributed by atoms with Crippen molar-refractivity contribution in [1.29, 1.82) is 5.26 Å². The van der Waals surface area contributed by atoms with Crippen LogP contribution >= 0.6 is 0 Å². The summed E-state index contributed by atoms with van der Waals surface area (Å²) in [4.78, 5) is 12.2. The molecule has 0 spiro atoms. The summed E-state index contributed by atoms with van der Waals surface area (Å²) in [5.41, 5.74) is -0.133. The van der Waals surface area contributed by atoms with Crippen LogP contribution in [0.5, 0.6) is 0 Å². The lowest BCUT2D eigenvalue weighted by atomic mass is 9.77. The Bertz CT molecular complexity index is 460. The second kappa shape index (κ2) is 5.09. The van der Waals surface area contributed by atoms with Gasteiger partial charge >= 0.3 is 0 Å². The Kier molecular flexibility index (Phi) is 4.01. The fourth-order valence-corrected chi connectivity index (χ4v) is 1.54. The largest absolute Gasteiger partial charge is 0.297 e. The number of nitriles is 1. The molecule has 0 amide bonds. The summed E-state index contributed by atoms with van der Waals surface area (Å²) < 4.78 is 13.1. The van der Waals surface area contributed by atoms with E-state index in [0.717, 1.165) is 0 Å². The van der Waals surface area contributed by atoms with Crippen LogP contribution in [0.15, 0.2) is 24.3 Å². The maximum absolute atomic E-state index is 13.1. The lowest BCUT2D eigenvalue weighted by molar-refractivity contribution is -0.127. The second-order valence-electron chi connectivity index (χ2n) is 4.72. The van der Waals surface area contributed by atoms with E-state index >= 15 is 0 Å². The molecule has 0 aliphatic heterocycles. The summed E-state index contributed by atoms with van der Waals surface area (Å²) in [6.07, 6.45) is 0.652. The SMILES string of the molecule is CCC(C)(C)C(=O)C(C#N)c1cccc(F)c1. The quantitative estimate of drug-likeness (QED) is 0.799. The van der Waals surface area contributed by atoms with Crippen LogP contribution in [0.1, 0.15) is 38.7 Å². The molecule has 0 heterocycles. The average Bonchev–Trinajstić information content (AvgIpc) is 2.30. The van der Waals surface area contributed by atoms with Crippen molar-refractivity contribution in [2.24, 2.45) is 5.41 Å². The number of ketones is 1. The molecule has 1 unspecified atom stereocenters. The van der Waals surface area contributed by atoms with Gasteiger partial charge in [0.2, 0.25) is 0 Å². The number of rotatable bonds is 4. The first-order valence-corrected chi connectivity index (χ1v) is 5.61. The molecule has 1 aromatic rings. The molecule has 17 heavy (non-hydrogen) atoms. The van der Waals surface area contributed by atoms with Crippen LogP contribution in [0.2, 0.25) is 0 Å². The highest BCUT2D eigenvalue weighted by atomic mass is 19.1. The minimum absolute atomic E-state index is 0.159. The standard InChI is InChI=1S/C14H16FNO/c1-4-14(2,3)13(17)12(9-16)10-6-5-7-11(15)8-10/h5-8,12H,4H2,1-3H3. The van der Waals surface area contributed by atoms with Crippen molar-refractivity contribution < 1.29 is 9.18 Å². The molecule has 0 N–H and O–H groups in total. The fourth-order valence-electron chi connectivity index (χ4n) is 1.54. The second-order valence-corrected chi connectivity index (χ2v) is 4.72. The van der Waals surface area contributed by atoms with Crippen molar-refractivity contribution in [2.45, 2.75) is 33.1 Å². The number of hydrogen-bond acceptors (Lipinski definition) is 2. The number of Topliss-reactive ketones (excluding diaryl/α,β-unsaturated/α-hetero) is 1. The van der Waals surface area contributed by atoms with Gasteiger partial charge in [-0.25, -0.2) is 4.39 Å². The molecule has 0 fully saturated rings. The molecule has 1 atom stereocenters. The summed E-state index contributed by atoms with van der Waals surface area (Å²) >= 11 is 0. The van der Waals surface area contributed by atoms with E-state index in [1.54, 1.807) is 19.9 Å². The van der Waals surface area contributed by atoms with Gasteiger partial charge < -0.3 is 0 Å². The Hall–Kier alpha value is -1.69. The number of carbonyl (C=O) groups is 1. The third kappa shape index (κ3) is 2.91. The Morgan fingerprint density at radius 2 is 2.18 bits per heavy atom. The topological polar surface area (TPSA) is 40.9 Å².